The van der Waals surface area contributed by atoms with E-state index in [9.17, 15) is 0 Å². The highest BCUT2D eigenvalue weighted by Gasteiger charge is 2.03. The first-order chi connectivity index (χ1) is 6.31. The van der Waals surface area contributed by atoms with E-state index >= 15 is 0 Å². The van der Waals surface area contributed by atoms with Gasteiger partial charge < -0.3 is 5.73 Å². The number of nitrogens with zero attached hydrogens (tertiary/aromatic N) is 1. The molecule has 0 aliphatic rings. The van der Waals surface area contributed by atoms with Crippen molar-refractivity contribution in [2.45, 2.75) is 6.42 Å². The van der Waals surface area contributed by atoms with Crippen molar-refractivity contribution in [1.29, 1.82) is 0 Å². The van der Waals surface area contributed by atoms with Crippen molar-refractivity contribution >= 4 is 22.5 Å². The van der Waals surface area contributed by atoms with Gasteiger partial charge in [-0.2, -0.15) is 5.10 Å². The van der Waals surface area contributed by atoms with Crippen LogP contribution in [-0.2, 0) is 6.42 Å². The van der Waals surface area contributed by atoms with Crippen LogP contribution in [0.5, 0.6) is 0 Å². The lowest BCUT2D eigenvalue weighted by Gasteiger charge is -1.94. The van der Waals surface area contributed by atoms with Gasteiger partial charge >= 0.3 is 0 Å². The molecule has 0 atom stereocenters. The Hall–Kier alpha value is -1.06. The quantitative estimate of drug-likeness (QED) is 0.767. The SMILES string of the molecule is NCCc1[nH]nc2cc(Cl)ccc12. The Labute approximate surface area is 80.9 Å². The lowest BCUT2D eigenvalue weighted by atomic mass is 10.2. The van der Waals surface area contributed by atoms with Crippen LogP contribution in [0.25, 0.3) is 10.9 Å². The Kier molecular flexibility index (Phi) is 2.20. The first kappa shape index (κ1) is 8.53. The van der Waals surface area contributed by atoms with Gasteiger partial charge in [0.2, 0.25) is 0 Å². The maximum absolute atomic E-state index is 5.83. The third-order valence-electron chi connectivity index (χ3n) is 1.99. The zero-order valence-electron chi connectivity index (χ0n) is 7.05. The Morgan fingerprint density at radius 3 is 3.08 bits per heavy atom. The number of halogens is 1. The van der Waals surface area contributed by atoms with Crippen LogP contribution < -0.4 is 5.73 Å². The fourth-order valence-electron chi connectivity index (χ4n) is 1.38. The smallest absolute Gasteiger partial charge is 0.0938 e. The number of rotatable bonds is 2. The van der Waals surface area contributed by atoms with Crippen molar-refractivity contribution in [3.05, 3.63) is 28.9 Å². The molecular weight excluding hydrogens is 186 g/mol. The molecule has 0 saturated carbocycles. The van der Waals surface area contributed by atoms with Crippen LogP contribution in [0.1, 0.15) is 5.69 Å². The summed E-state index contributed by atoms with van der Waals surface area (Å²) in [6, 6.07) is 5.67. The standard InChI is InChI=1S/C9H10ClN3/c10-6-1-2-7-8(3-4-11)12-13-9(7)5-6/h1-2,5H,3-4,11H2,(H,12,13). The molecule has 0 aliphatic heterocycles. The molecule has 0 spiro atoms. The van der Waals surface area contributed by atoms with Crippen molar-refractivity contribution < 1.29 is 0 Å². The van der Waals surface area contributed by atoms with Crippen molar-refractivity contribution in [1.82, 2.24) is 10.2 Å². The first-order valence-corrected chi connectivity index (χ1v) is 4.51. The number of aromatic amines is 1. The summed E-state index contributed by atoms with van der Waals surface area (Å²) in [6.07, 6.45) is 0.818. The molecule has 1 aromatic carbocycles. The van der Waals surface area contributed by atoms with Gasteiger partial charge in [-0.15, -0.1) is 0 Å². The summed E-state index contributed by atoms with van der Waals surface area (Å²) in [5, 5.41) is 8.90. The van der Waals surface area contributed by atoms with E-state index in [1.807, 2.05) is 18.2 Å². The van der Waals surface area contributed by atoms with Crippen LogP contribution in [0, 0.1) is 0 Å². The molecule has 0 fully saturated rings. The molecule has 0 saturated heterocycles. The van der Waals surface area contributed by atoms with Crippen LogP contribution in [0.3, 0.4) is 0 Å². The van der Waals surface area contributed by atoms with Crippen LogP contribution in [0.15, 0.2) is 18.2 Å². The molecule has 0 amide bonds. The lowest BCUT2D eigenvalue weighted by Crippen LogP contribution is -2.03. The summed E-state index contributed by atoms with van der Waals surface area (Å²) in [7, 11) is 0. The predicted octanol–water partition coefficient (Wildman–Crippen LogP) is 1.72. The molecule has 0 aliphatic carbocycles. The second-order valence-corrected chi connectivity index (χ2v) is 3.34. The Bertz CT molecular complexity index is 422. The number of hydrogen-bond acceptors (Lipinski definition) is 2. The highest BCUT2D eigenvalue weighted by atomic mass is 35.5. The molecule has 0 unspecified atom stereocenters. The average Bonchev–Trinajstić information content (AvgIpc) is 2.49. The van der Waals surface area contributed by atoms with Crippen molar-refractivity contribution in [3.8, 4) is 0 Å². The molecule has 4 heteroatoms. The zero-order chi connectivity index (χ0) is 9.26. The Morgan fingerprint density at radius 1 is 1.46 bits per heavy atom. The second kappa shape index (κ2) is 3.36. The number of hydrogen-bond donors (Lipinski definition) is 2. The molecule has 2 rings (SSSR count). The van der Waals surface area contributed by atoms with Crippen molar-refractivity contribution in [3.63, 3.8) is 0 Å². The summed E-state index contributed by atoms with van der Waals surface area (Å²) in [4.78, 5) is 0. The maximum atomic E-state index is 5.83. The largest absolute Gasteiger partial charge is 0.330 e. The molecule has 13 heavy (non-hydrogen) atoms. The minimum Gasteiger partial charge on any atom is -0.330 e. The molecular formula is C9H10ClN3. The average molecular weight is 196 g/mol. The number of benzene rings is 1. The number of nitrogens with two attached hydrogens (primary N) is 1. The maximum Gasteiger partial charge on any atom is 0.0938 e. The Morgan fingerprint density at radius 2 is 2.31 bits per heavy atom. The minimum atomic E-state index is 0.625. The van der Waals surface area contributed by atoms with Crippen LogP contribution in [-0.4, -0.2) is 16.7 Å². The molecule has 0 radical (unpaired) electrons. The molecule has 68 valence electrons. The minimum absolute atomic E-state index is 0.625. The molecule has 1 aromatic heterocycles. The summed E-state index contributed by atoms with van der Waals surface area (Å²) in [5.41, 5.74) is 7.44. The highest BCUT2D eigenvalue weighted by Crippen LogP contribution is 2.20. The molecule has 2 aromatic rings. The topological polar surface area (TPSA) is 54.7 Å². The van der Waals surface area contributed by atoms with E-state index in [0.717, 1.165) is 23.0 Å². The van der Waals surface area contributed by atoms with E-state index in [1.54, 1.807) is 0 Å². The van der Waals surface area contributed by atoms with Gasteiger partial charge in [-0.05, 0) is 24.7 Å². The van der Waals surface area contributed by atoms with Gasteiger partial charge in [-0.3, -0.25) is 5.10 Å². The fraction of sp³-hybridized carbons (Fsp3) is 0.222. The number of nitrogens with one attached hydrogen (secondary N) is 1. The van der Waals surface area contributed by atoms with E-state index in [1.165, 1.54) is 0 Å². The number of fused-ring (bicyclic) bond motifs is 1. The highest BCUT2D eigenvalue weighted by molar-refractivity contribution is 6.31. The number of H-pyrrole nitrogens is 1. The zero-order valence-corrected chi connectivity index (χ0v) is 7.80. The van der Waals surface area contributed by atoms with Gasteiger partial charge in [-0.1, -0.05) is 11.6 Å². The van der Waals surface area contributed by atoms with Crippen molar-refractivity contribution in [2.75, 3.05) is 6.54 Å². The van der Waals surface area contributed by atoms with E-state index in [-0.39, 0.29) is 0 Å². The van der Waals surface area contributed by atoms with Gasteiger partial charge in [0.25, 0.3) is 0 Å². The van der Waals surface area contributed by atoms with E-state index < -0.39 is 0 Å². The molecule has 1 heterocycles. The predicted molar refractivity (Wildman–Crippen MR) is 53.9 cm³/mol. The third kappa shape index (κ3) is 1.53. The molecule has 3 nitrogen and oxygen atoms in total. The monoisotopic (exact) mass is 195 g/mol. The van der Waals surface area contributed by atoms with Crippen LogP contribution in [0.4, 0.5) is 0 Å². The second-order valence-electron chi connectivity index (χ2n) is 2.90. The summed E-state index contributed by atoms with van der Waals surface area (Å²) >= 11 is 5.83. The van der Waals surface area contributed by atoms with Gasteiger partial charge in [0.15, 0.2) is 0 Å². The van der Waals surface area contributed by atoms with Crippen LogP contribution >= 0.6 is 11.6 Å². The molecule has 3 N–H and O–H groups in total. The van der Waals surface area contributed by atoms with E-state index in [4.69, 9.17) is 17.3 Å². The van der Waals surface area contributed by atoms with Gasteiger partial charge in [0.1, 0.15) is 0 Å². The normalized spacial score (nSPS) is 10.9. The number of aromatic nitrogens is 2. The van der Waals surface area contributed by atoms with Gasteiger partial charge in [0, 0.05) is 22.5 Å². The van der Waals surface area contributed by atoms with E-state index in [0.29, 0.717) is 11.6 Å². The summed E-state index contributed by atoms with van der Waals surface area (Å²) < 4.78 is 0. The summed E-state index contributed by atoms with van der Waals surface area (Å²) in [5.74, 6) is 0. The first-order valence-electron chi connectivity index (χ1n) is 4.14. The Balaban J connectivity index is 2.55. The third-order valence-corrected chi connectivity index (χ3v) is 2.23. The fourth-order valence-corrected chi connectivity index (χ4v) is 1.54. The lowest BCUT2D eigenvalue weighted by molar-refractivity contribution is 0.909. The van der Waals surface area contributed by atoms with E-state index in [2.05, 4.69) is 10.2 Å². The van der Waals surface area contributed by atoms with Gasteiger partial charge in [0.05, 0.1) is 5.52 Å². The van der Waals surface area contributed by atoms with Crippen molar-refractivity contribution in [2.24, 2.45) is 5.73 Å². The summed E-state index contributed by atoms with van der Waals surface area (Å²) in [6.45, 7) is 0.625. The van der Waals surface area contributed by atoms with Crippen LogP contribution in [0.2, 0.25) is 5.02 Å². The van der Waals surface area contributed by atoms with Gasteiger partial charge in [-0.25, -0.2) is 0 Å². The molecule has 0 bridgehead atoms.